The molecule has 88 valence electrons. The third-order valence-corrected chi connectivity index (χ3v) is 2.75. The average Bonchev–Trinajstić information content (AvgIpc) is 2.87. The van der Waals surface area contributed by atoms with Gasteiger partial charge in [-0.1, -0.05) is 13.8 Å². The molecule has 1 aliphatic heterocycles. The van der Waals surface area contributed by atoms with E-state index in [0.29, 0.717) is 28.0 Å². The number of benzene rings is 1. The maximum atomic E-state index is 11.4. The Kier molecular flexibility index (Phi) is 1.92. The van der Waals surface area contributed by atoms with E-state index in [9.17, 15) is 9.59 Å². The van der Waals surface area contributed by atoms with E-state index in [0.717, 1.165) is 0 Å². The molecule has 0 aliphatic carbocycles. The first-order chi connectivity index (χ1) is 8.08. The van der Waals surface area contributed by atoms with Gasteiger partial charge in [0.2, 0.25) is 0 Å². The van der Waals surface area contributed by atoms with Crippen LogP contribution >= 0.6 is 0 Å². The Labute approximate surface area is 96.6 Å². The van der Waals surface area contributed by atoms with Crippen LogP contribution in [0.2, 0.25) is 0 Å². The van der Waals surface area contributed by atoms with Gasteiger partial charge in [0.1, 0.15) is 17.8 Å². The molecule has 0 atom stereocenters. The Morgan fingerprint density at radius 3 is 2.94 bits per heavy atom. The van der Waals surface area contributed by atoms with Crippen LogP contribution in [0, 0.1) is 5.92 Å². The zero-order chi connectivity index (χ0) is 12.2. The number of hydrogen-bond acceptors (Lipinski definition) is 5. The third kappa shape index (κ3) is 1.32. The Morgan fingerprint density at radius 2 is 2.24 bits per heavy atom. The minimum absolute atomic E-state index is 0.0717. The fraction of sp³-hybridized carbons (Fsp3) is 0.333. The van der Waals surface area contributed by atoms with E-state index in [4.69, 9.17) is 13.9 Å². The van der Waals surface area contributed by atoms with Crippen molar-refractivity contribution in [3.63, 3.8) is 0 Å². The molecule has 3 rings (SSSR count). The van der Waals surface area contributed by atoms with Crippen molar-refractivity contribution in [1.29, 1.82) is 0 Å². The van der Waals surface area contributed by atoms with E-state index in [1.807, 2.05) is 0 Å². The molecule has 5 heteroatoms. The Morgan fingerprint density at radius 1 is 1.47 bits per heavy atom. The minimum atomic E-state index is -0.407. The largest absolute Gasteiger partial charge is 0.460 e. The molecule has 0 N–H and O–H groups in total. The number of carbonyl (C=O) groups is 2. The second kappa shape index (κ2) is 3.23. The van der Waals surface area contributed by atoms with Gasteiger partial charge < -0.3 is 13.9 Å². The Bertz CT molecular complexity index is 607. The molecule has 5 nitrogen and oxygen atoms in total. The van der Waals surface area contributed by atoms with Crippen LogP contribution < -0.4 is 4.74 Å². The summed E-state index contributed by atoms with van der Waals surface area (Å²) < 4.78 is 15.5. The lowest BCUT2D eigenvalue weighted by Gasteiger charge is -2.06. The van der Waals surface area contributed by atoms with Crippen molar-refractivity contribution in [2.75, 3.05) is 0 Å². The number of rotatable bonds is 3. The quantitative estimate of drug-likeness (QED) is 0.761. The van der Waals surface area contributed by atoms with Gasteiger partial charge in [-0.05, 0) is 6.07 Å². The van der Waals surface area contributed by atoms with Crippen molar-refractivity contribution in [3.05, 3.63) is 17.2 Å². The van der Waals surface area contributed by atoms with Gasteiger partial charge in [0.25, 0.3) is 0 Å². The highest BCUT2D eigenvalue weighted by Gasteiger charge is 2.34. The number of carbonyl (C=O) groups excluding carboxylic acids is 2. The van der Waals surface area contributed by atoms with Crippen LogP contribution in [0.15, 0.2) is 10.5 Å². The van der Waals surface area contributed by atoms with Crippen LogP contribution in [0.4, 0.5) is 0 Å². The van der Waals surface area contributed by atoms with Crippen LogP contribution in [0.3, 0.4) is 0 Å². The fourth-order valence-corrected chi connectivity index (χ4v) is 1.81. The number of furan rings is 2. The first kappa shape index (κ1) is 10.1. The van der Waals surface area contributed by atoms with Crippen molar-refractivity contribution >= 4 is 23.1 Å². The summed E-state index contributed by atoms with van der Waals surface area (Å²) in [6.45, 7) is 3.59. The number of fused-ring (bicyclic) bond motifs is 1. The summed E-state index contributed by atoms with van der Waals surface area (Å²) in [5, 5.41) is 0. The number of esters is 2. The summed E-state index contributed by atoms with van der Waals surface area (Å²) in [7, 11) is 0. The lowest BCUT2D eigenvalue weighted by atomic mass is 10.1. The molecule has 0 fully saturated rings. The SMILES string of the molecule is CC(C)C(=O)OCc1c2c3oc1cc3C(=O)O2. The second-order valence-corrected chi connectivity index (χ2v) is 4.31. The number of hydrogen-bond donors (Lipinski definition) is 0. The summed E-state index contributed by atoms with van der Waals surface area (Å²) in [6.07, 6.45) is 0. The molecule has 0 spiro atoms. The molecule has 0 radical (unpaired) electrons. The molecule has 0 amide bonds. The predicted octanol–water partition coefficient (Wildman–Crippen LogP) is 2.10. The maximum absolute atomic E-state index is 11.4. The topological polar surface area (TPSA) is 65.7 Å². The smallest absolute Gasteiger partial charge is 0.347 e. The molecule has 3 heterocycles. The first-order valence-electron chi connectivity index (χ1n) is 5.34. The van der Waals surface area contributed by atoms with E-state index in [1.54, 1.807) is 19.9 Å². The monoisotopic (exact) mass is 234 g/mol. The molecule has 2 bridgehead atoms. The normalized spacial score (nSPS) is 13.7. The van der Waals surface area contributed by atoms with Crippen molar-refractivity contribution in [2.45, 2.75) is 20.5 Å². The van der Waals surface area contributed by atoms with Gasteiger partial charge in [-0.3, -0.25) is 4.79 Å². The highest BCUT2D eigenvalue weighted by molar-refractivity contribution is 6.09. The molecular formula is C12H10O5. The standard InChI is InChI=1S/C12H10O5/c1-5(2)11(13)15-4-7-8-3-6-9(16-8)10(7)17-12(6)14/h3,5H,4H2,1-2H3. The van der Waals surface area contributed by atoms with Gasteiger partial charge in [-0.15, -0.1) is 0 Å². The van der Waals surface area contributed by atoms with Gasteiger partial charge in [-0.2, -0.15) is 0 Å². The van der Waals surface area contributed by atoms with Gasteiger partial charge >= 0.3 is 11.9 Å². The van der Waals surface area contributed by atoms with Gasteiger partial charge in [0, 0.05) is 0 Å². The number of ether oxygens (including phenoxy) is 2. The fourth-order valence-electron chi connectivity index (χ4n) is 1.81. The van der Waals surface area contributed by atoms with E-state index >= 15 is 0 Å². The van der Waals surface area contributed by atoms with E-state index in [1.165, 1.54) is 0 Å². The lowest BCUT2D eigenvalue weighted by Crippen LogP contribution is -2.11. The van der Waals surface area contributed by atoms with Crippen LogP contribution in [0.25, 0.3) is 11.2 Å². The third-order valence-electron chi connectivity index (χ3n) is 2.75. The van der Waals surface area contributed by atoms with Gasteiger partial charge in [0.05, 0.1) is 11.5 Å². The Balaban J connectivity index is 1.85. The Hall–Kier alpha value is -2.04. The minimum Gasteiger partial charge on any atom is -0.460 e. The summed E-state index contributed by atoms with van der Waals surface area (Å²) in [5.41, 5.74) is 2.09. The van der Waals surface area contributed by atoms with Gasteiger partial charge in [0.15, 0.2) is 11.3 Å². The van der Waals surface area contributed by atoms with Crippen LogP contribution in [0.5, 0.6) is 5.75 Å². The molecule has 2 aromatic heterocycles. The molecule has 2 aromatic rings. The lowest BCUT2D eigenvalue weighted by molar-refractivity contribution is -0.148. The summed E-state index contributed by atoms with van der Waals surface area (Å²) in [4.78, 5) is 22.7. The van der Waals surface area contributed by atoms with Crippen molar-refractivity contribution in [2.24, 2.45) is 5.92 Å². The van der Waals surface area contributed by atoms with Crippen molar-refractivity contribution < 1.29 is 23.5 Å². The van der Waals surface area contributed by atoms with E-state index in [2.05, 4.69) is 0 Å². The molecule has 0 saturated heterocycles. The van der Waals surface area contributed by atoms with E-state index in [-0.39, 0.29) is 18.5 Å². The molecule has 0 saturated carbocycles. The second-order valence-electron chi connectivity index (χ2n) is 4.31. The zero-order valence-electron chi connectivity index (χ0n) is 9.40. The van der Waals surface area contributed by atoms with Gasteiger partial charge in [-0.25, -0.2) is 4.79 Å². The molecular weight excluding hydrogens is 224 g/mol. The zero-order valence-corrected chi connectivity index (χ0v) is 9.40. The summed E-state index contributed by atoms with van der Waals surface area (Å²) in [5.74, 6) is -0.482. The van der Waals surface area contributed by atoms with Crippen molar-refractivity contribution in [1.82, 2.24) is 0 Å². The van der Waals surface area contributed by atoms with Crippen LogP contribution in [0.1, 0.15) is 29.8 Å². The highest BCUT2D eigenvalue weighted by Crippen LogP contribution is 2.43. The molecule has 0 aromatic carbocycles. The van der Waals surface area contributed by atoms with Crippen LogP contribution in [-0.4, -0.2) is 11.9 Å². The molecule has 17 heavy (non-hydrogen) atoms. The molecule has 1 aliphatic rings. The van der Waals surface area contributed by atoms with E-state index < -0.39 is 5.97 Å². The van der Waals surface area contributed by atoms with Crippen LogP contribution in [-0.2, 0) is 16.1 Å². The maximum Gasteiger partial charge on any atom is 0.347 e. The summed E-state index contributed by atoms with van der Waals surface area (Å²) >= 11 is 0. The average molecular weight is 234 g/mol. The predicted molar refractivity (Wildman–Crippen MR) is 57.0 cm³/mol. The summed E-state index contributed by atoms with van der Waals surface area (Å²) in [6, 6.07) is 1.62. The first-order valence-corrected chi connectivity index (χ1v) is 5.34. The highest BCUT2D eigenvalue weighted by atomic mass is 16.6. The van der Waals surface area contributed by atoms with Crippen molar-refractivity contribution in [3.8, 4) is 5.75 Å². The molecule has 0 unspecified atom stereocenters.